The molecule has 0 spiro atoms. The summed E-state index contributed by atoms with van der Waals surface area (Å²) in [5, 5.41) is 8.18. The fourth-order valence-corrected chi connectivity index (χ4v) is 2.10. The van der Waals surface area contributed by atoms with Crippen molar-refractivity contribution in [2.75, 3.05) is 22.9 Å². The molecule has 8 N–H and O–H groups in total. The van der Waals surface area contributed by atoms with Gasteiger partial charge in [0.2, 0.25) is 0 Å². The highest BCUT2D eigenvalue weighted by Crippen LogP contribution is 2.18. The molecule has 0 amide bonds. The van der Waals surface area contributed by atoms with Gasteiger partial charge in [-0.3, -0.25) is 0 Å². The molecule has 0 saturated carbocycles. The third-order valence-corrected chi connectivity index (χ3v) is 3.67. The first kappa shape index (κ1) is 22.0. The van der Waals surface area contributed by atoms with Crippen LogP contribution in [0.4, 0.5) is 34.1 Å². The molecule has 0 saturated heterocycles. The quantitative estimate of drug-likeness (QED) is 0.251. The van der Waals surface area contributed by atoms with E-state index in [1.165, 1.54) is 0 Å². The van der Waals surface area contributed by atoms with Crippen LogP contribution in [0.15, 0.2) is 119 Å². The van der Waals surface area contributed by atoms with Gasteiger partial charge in [-0.15, -0.1) is 0 Å². The molecule has 4 rings (SSSR count). The van der Waals surface area contributed by atoms with Crippen molar-refractivity contribution in [3.8, 4) is 0 Å². The zero-order valence-corrected chi connectivity index (χ0v) is 16.6. The van der Waals surface area contributed by atoms with Crippen molar-refractivity contribution < 1.29 is 0 Å². The summed E-state index contributed by atoms with van der Waals surface area (Å²) >= 11 is 0. The molecule has 0 radical (unpaired) electrons. The Bertz CT molecular complexity index is 978. The van der Waals surface area contributed by atoms with Crippen molar-refractivity contribution in [1.82, 2.24) is 0 Å². The lowest BCUT2D eigenvalue weighted by Gasteiger charge is -1.93. The molecular formula is C24H26N6. The molecule has 0 aliphatic rings. The Labute approximate surface area is 176 Å². The van der Waals surface area contributed by atoms with E-state index >= 15 is 0 Å². The minimum absolute atomic E-state index is 0.730. The molecule has 0 heterocycles. The third kappa shape index (κ3) is 9.05. The molecule has 4 aromatic carbocycles. The number of hydrogen-bond acceptors (Lipinski definition) is 6. The highest BCUT2D eigenvalue weighted by Gasteiger charge is 1.89. The molecule has 0 aliphatic carbocycles. The molecule has 30 heavy (non-hydrogen) atoms. The maximum atomic E-state index is 5.56. The summed E-state index contributed by atoms with van der Waals surface area (Å²) < 4.78 is 0. The third-order valence-electron chi connectivity index (χ3n) is 3.67. The first-order valence-electron chi connectivity index (χ1n) is 9.27. The monoisotopic (exact) mass is 398 g/mol. The maximum Gasteiger partial charge on any atom is 0.0858 e. The van der Waals surface area contributed by atoms with E-state index in [-0.39, 0.29) is 0 Å². The zero-order chi connectivity index (χ0) is 21.6. The van der Waals surface area contributed by atoms with E-state index < -0.39 is 0 Å². The molecule has 6 nitrogen and oxygen atoms in total. The normalized spacial score (nSPS) is 9.73. The minimum atomic E-state index is 0.730. The number of para-hydroxylation sites is 1. The standard InChI is InChI=1S/C12H11N3.C6H8N2.C6H7N/c13-10-6-8-12(9-7-10)15-14-11-4-2-1-3-5-11;7-5-1-2-6(8)4-3-5;7-6-4-2-1-3-5-6/h1-9H,13H2;1-4H,7-8H2;1-5H,7H2. The fourth-order valence-electron chi connectivity index (χ4n) is 2.10. The van der Waals surface area contributed by atoms with E-state index in [4.69, 9.17) is 22.9 Å². The second-order valence-electron chi connectivity index (χ2n) is 6.20. The Hall–Kier alpha value is -4.32. The molecule has 6 heteroatoms. The Morgan fingerprint density at radius 2 is 0.633 bits per heavy atom. The van der Waals surface area contributed by atoms with Crippen molar-refractivity contribution in [3.63, 3.8) is 0 Å². The molecular weight excluding hydrogens is 372 g/mol. The Morgan fingerprint density at radius 3 is 1.00 bits per heavy atom. The van der Waals surface area contributed by atoms with Gasteiger partial charge in [-0.1, -0.05) is 36.4 Å². The number of azo groups is 1. The second kappa shape index (κ2) is 12.2. The Balaban J connectivity index is 0.000000179. The number of nitrogen functional groups attached to an aromatic ring is 4. The fraction of sp³-hybridized carbons (Fsp3) is 0. The van der Waals surface area contributed by atoms with Crippen molar-refractivity contribution in [2.45, 2.75) is 0 Å². The van der Waals surface area contributed by atoms with Crippen LogP contribution in [-0.4, -0.2) is 0 Å². The summed E-state index contributed by atoms with van der Waals surface area (Å²) in [6, 6.07) is 33.5. The van der Waals surface area contributed by atoms with Crippen LogP contribution < -0.4 is 22.9 Å². The highest BCUT2D eigenvalue weighted by atomic mass is 15.1. The first-order chi connectivity index (χ1) is 14.5. The lowest BCUT2D eigenvalue weighted by molar-refractivity contribution is 1.23. The summed E-state index contributed by atoms with van der Waals surface area (Å²) in [4.78, 5) is 0. The van der Waals surface area contributed by atoms with Crippen molar-refractivity contribution >= 4 is 34.1 Å². The lowest BCUT2D eigenvalue weighted by Crippen LogP contribution is -1.86. The number of benzene rings is 4. The van der Waals surface area contributed by atoms with Gasteiger partial charge in [-0.05, 0) is 72.8 Å². The number of rotatable bonds is 2. The zero-order valence-electron chi connectivity index (χ0n) is 16.6. The van der Waals surface area contributed by atoms with Crippen LogP contribution >= 0.6 is 0 Å². The average molecular weight is 399 g/mol. The van der Waals surface area contributed by atoms with Crippen molar-refractivity contribution in [1.29, 1.82) is 0 Å². The van der Waals surface area contributed by atoms with Gasteiger partial charge in [0.1, 0.15) is 0 Å². The van der Waals surface area contributed by atoms with E-state index in [0.717, 1.165) is 34.1 Å². The number of nitrogens with zero attached hydrogens (tertiary/aromatic N) is 2. The number of anilines is 4. The van der Waals surface area contributed by atoms with Crippen LogP contribution in [0.25, 0.3) is 0 Å². The van der Waals surface area contributed by atoms with E-state index in [1.54, 1.807) is 36.4 Å². The molecule has 0 unspecified atom stereocenters. The molecule has 0 fully saturated rings. The summed E-state index contributed by atoms with van der Waals surface area (Å²) in [6.07, 6.45) is 0. The predicted octanol–water partition coefficient (Wildman–Crippen LogP) is 5.80. The smallest absolute Gasteiger partial charge is 0.0858 e. The lowest BCUT2D eigenvalue weighted by atomic mass is 10.3. The summed E-state index contributed by atoms with van der Waals surface area (Å²) in [5.41, 5.74) is 26.4. The summed E-state index contributed by atoms with van der Waals surface area (Å²) in [6.45, 7) is 0. The Morgan fingerprint density at radius 1 is 0.333 bits per heavy atom. The van der Waals surface area contributed by atoms with Gasteiger partial charge < -0.3 is 22.9 Å². The van der Waals surface area contributed by atoms with E-state index in [0.29, 0.717) is 0 Å². The van der Waals surface area contributed by atoms with Gasteiger partial charge in [0, 0.05) is 22.7 Å². The molecule has 0 aromatic heterocycles. The molecule has 4 aromatic rings. The molecule has 152 valence electrons. The van der Waals surface area contributed by atoms with Crippen LogP contribution in [-0.2, 0) is 0 Å². The topological polar surface area (TPSA) is 129 Å². The van der Waals surface area contributed by atoms with Gasteiger partial charge in [-0.25, -0.2) is 0 Å². The van der Waals surface area contributed by atoms with Crippen molar-refractivity contribution in [3.05, 3.63) is 109 Å². The minimum Gasteiger partial charge on any atom is -0.399 e. The summed E-state index contributed by atoms with van der Waals surface area (Å²) in [5.74, 6) is 0. The van der Waals surface area contributed by atoms with Crippen LogP contribution in [0, 0.1) is 0 Å². The largest absolute Gasteiger partial charge is 0.399 e. The maximum absolute atomic E-state index is 5.56. The van der Waals surface area contributed by atoms with E-state index in [2.05, 4.69) is 10.2 Å². The van der Waals surface area contributed by atoms with Gasteiger partial charge >= 0.3 is 0 Å². The van der Waals surface area contributed by atoms with Crippen LogP contribution in [0.1, 0.15) is 0 Å². The van der Waals surface area contributed by atoms with Crippen molar-refractivity contribution in [2.24, 2.45) is 10.2 Å². The number of hydrogen-bond donors (Lipinski definition) is 4. The second-order valence-corrected chi connectivity index (χ2v) is 6.20. The van der Waals surface area contributed by atoms with Crippen LogP contribution in [0.3, 0.4) is 0 Å². The van der Waals surface area contributed by atoms with Gasteiger partial charge in [0.05, 0.1) is 11.4 Å². The summed E-state index contributed by atoms with van der Waals surface area (Å²) in [7, 11) is 0. The van der Waals surface area contributed by atoms with Gasteiger partial charge in [0.15, 0.2) is 0 Å². The van der Waals surface area contributed by atoms with Crippen LogP contribution in [0.5, 0.6) is 0 Å². The van der Waals surface area contributed by atoms with E-state index in [9.17, 15) is 0 Å². The molecule has 0 bridgehead atoms. The number of nitrogens with two attached hydrogens (primary N) is 4. The van der Waals surface area contributed by atoms with Gasteiger partial charge in [-0.2, -0.15) is 10.2 Å². The van der Waals surface area contributed by atoms with E-state index in [1.807, 2.05) is 72.8 Å². The highest BCUT2D eigenvalue weighted by molar-refractivity contribution is 5.48. The first-order valence-corrected chi connectivity index (χ1v) is 9.27. The van der Waals surface area contributed by atoms with Gasteiger partial charge in [0.25, 0.3) is 0 Å². The predicted molar refractivity (Wildman–Crippen MR) is 128 cm³/mol. The average Bonchev–Trinajstić information content (AvgIpc) is 2.78. The molecule has 0 aliphatic heterocycles. The Kier molecular flexibility index (Phi) is 8.94. The SMILES string of the molecule is Nc1ccc(N)cc1.Nc1ccc(N=Nc2ccccc2)cc1.Nc1ccccc1. The molecule has 0 atom stereocenters. The van der Waals surface area contributed by atoms with Crippen LogP contribution in [0.2, 0.25) is 0 Å².